The third-order valence-electron chi connectivity index (χ3n) is 5.08. The van der Waals surface area contributed by atoms with Gasteiger partial charge in [0.15, 0.2) is 9.84 Å². The molecule has 0 bridgehead atoms. The first-order chi connectivity index (χ1) is 11.0. The van der Waals surface area contributed by atoms with Crippen molar-refractivity contribution < 1.29 is 8.42 Å². The van der Waals surface area contributed by atoms with Gasteiger partial charge in [-0.1, -0.05) is 12.1 Å². The summed E-state index contributed by atoms with van der Waals surface area (Å²) in [5.74, 6) is 0. The molecule has 2 aliphatic rings. The summed E-state index contributed by atoms with van der Waals surface area (Å²) in [4.78, 5) is 4.50. The van der Waals surface area contributed by atoms with Crippen molar-refractivity contribution in [3.05, 3.63) is 59.9 Å². The average Bonchev–Trinajstić information content (AvgIpc) is 3.18. The highest BCUT2D eigenvalue weighted by Gasteiger charge is 2.48. The van der Waals surface area contributed by atoms with Crippen LogP contribution in [-0.4, -0.2) is 19.7 Å². The second-order valence-electron chi connectivity index (χ2n) is 6.84. The van der Waals surface area contributed by atoms with E-state index in [4.69, 9.17) is 0 Å². The van der Waals surface area contributed by atoms with Crippen molar-refractivity contribution in [1.29, 1.82) is 0 Å². The average molecular weight is 325 g/mol. The van der Waals surface area contributed by atoms with Crippen molar-refractivity contribution in [3.63, 3.8) is 0 Å². The monoisotopic (exact) mass is 325 g/mol. The molecule has 118 valence electrons. The fourth-order valence-electron chi connectivity index (χ4n) is 3.57. The lowest BCUT2D eigenvalue weighted by Gasteiger charge is -2.09. The van der Waals surface area contributed by atoms with Gasteiger partial charge >= 0.3 is 0 Å². The van der Waals surface area contributed by atoms with E-state index in [0.29, 0.717) is 10.3 Å². The van der Waals surface area contributed by atoms with Crippen molar-refractivity contribution in [3.8, 4) is 0 Å². The smallest absolute Gasteiger partial charge is 0.175 e. The molecule has 0 atom stereocenters. The van der Waals surface area contributed by atoms with Gasteiger partial charge in [0, 0.05) is 18.6 Å². The molecule has 0 radical (unpaired) electrons. The lowest BCUT2D eigenvalue weighted by molar-refractivity contribution is 0.568. The number of allylic oxidation sites excluding steroid dienone is 2. The van der Waals surface area contributed by atoms with Gasteiger partial charge in [-0.05, 0) is 77.6 Å². The highest BCUT2D eigenvalue weighted by Crippen LogP contribution is 2.63. The van der Waals surface area contributed by atoms with Crippen LogP contribution in [0.3, 0.4) is 0 Å². The molecule has 4 rings (SSSR count). The molecule has 0 aliphatic heterocycles. The first-order valence-corrected chi connectivity index (χ1v) is 9.79. The molecule has 4 heteroatoms. The molecule has 2 aromatic rings. The second-order valence-corrected chi connectivity index (χ2v) is 8.86. The van der Waals surface area contributed by atoms with Crippen LogP contribution < -0.4 is 0 Å². The number of pyridine rings is 1. The molecule has 0 amide bonds. The van der Waals surface area contributed by atoms with Crippen molar-refractivity contribution in [2.75, 3.05) is 6.26 Å². The summed E-state index contributed by atoms with van der Waals surface area (Å²) in [7, 11) is -3.14. The highest BCUT2D eigenvalue weighted by atomic mass is 32.2. The SMILES string of the molecule is CS(=O)(=O)c1ccc(C2=C(c3ccncc3)CC3(CC3)C2)cc1. The van der Waals surface area contributed by atoms with E-state index in [0.717, 1.165) is 18.4 Å². The van der Waals surface area contributed by atoms with Gasteiger partial charge in [0.25, 0.3) is 0 Å². The van der Waals surface area contributed by atoms with Crippen LogP contribution in [0.15, 0.2) is 53.7 Å². The Morgan fingerprint density at radius 3 is 1.87 bits per heavy atom. The summed E-state index contributed by atoms with van der Waals surface area (Å²) in [6.07, 6.45) is 9.75. The van der Waals surface area contributed by atoms with Crippen LogP contribution in [0.1, 0.15) is 36.8 Å². The Morgan fingerprint density at radius 2 is 1.39 bits per heavy atom. The van der Waals surface area contributed by atoms with Crippen LogP contribution in [0.5, 0.6) is 0 Å². The van der Waals surface area contributed by atoms with Crippen molar-refractivity contribution >= 4 is 21.0 Å². The van der Waals surface area contributed by atoms with E-state index in [1.54, 1.807) is 12.1 Å². The van der Waals surface area contributed by atoms with E-state index in [2.05, 4.69) is 17.1 Å². The number of rotatable bonds is 3. The predicted octanol–water partition coefficient (Wildman–Crippen LogP) is 3.97. The maximum Gasteiger partial charge on any atom is 0.175 e. The maximum atomic E-state index is 11.6. The number of aromatic nitrogens is 1. The quantitative estimate of drug-likeness (QED) is 0.858. The molecule has 1 saturated carbocycles. The van der Waals surface area contributed by atoms with Crippen molar-refractivity contribution in [2.45, 2.75) is 30.6 Å². The lowest BCUT2D eigenvalue weighted by Crippen LogP contribution is -1.97. The Morgan fingerprint density at radius 1 is 0.870 bits per heavy atom. The Kier molecular flexibility index (Phi) is 3.20. The van der Waals surface area contributed by atoms with Crippen LogP contribution in [0, 0.1) is 5.41 Å². The van der Waals surface area contributed by atoms with Gasteiger partial charge in [0.05, 0.1) is 4.90 Å². The fraction of sp³-hybridized carbons (Fsp3) is 0.316. The third-order valence-corrected chi connectivity index (χ3v) is 6.21. The number of nitrogens with zero attached hydrogens (tertiary/aromatic N) is 1. The molecule has 1 aromatic heterocycles. The molecule has 3 nitrogen and oxygen atoms in total. The van der Waals surface area contributed by atoms with Crippen LogP contribution in [0.4, 0.5) is 0 Å². The molecular formula is C19H19NO2S. The fourth-order valence-corrected chi connectivity index (χ4v) is 4.20. The molecule has 0 N–H and O–H groups in total. The molecule has 1 spiro atoms. The maximum absolute atomic E-state index is 11.6. The summed E-state index contributed by atoms with van der Waals surface area (Å²) in [6, 6.07) is 11.5. The van der Waals surface area contributed by atoms with E-state index < -0.39 is 9.84 Å². The van der Waals surface area contributed by atoms with Crippen LogP contribution >= 0.6 is 0 Å². The Balaban J connectivity index is 1.78. The zero-order valence-electron chi connectivity index (χ0n) is 13.1. The molecule has 23 heavy (non-hydrogen) atoms. The van der Waals surface area contributed by atoms with Crippen molar-refractivity contribution in [1.82, 2.24) is 4.98 Å². The molecular weight excluding hydrogens is 306 g/mol. The third kappa shape index (κ3) is 2.72. The van der Waals surface area contributed by atoms with Gasteiger partial charge in [0.1, 0.15) is 0 Å². The van der Waals surface area contributed by atoms with Gasteiger partial charge in [-0.3, -0.25) is 4.98 Å². The van der Waals surface area contributed by atoms with Crippen LogP contribution in [0.2, 0.25) is 0 Å². The number of benzene rings is 1. The normalized spacial score (nSPS) is 19.3. The van der Waals surface area contributed by atoms with E-state index in [1.165, 1.54) is 35.8 Å². The zero-order valence-corrected chi connectivity index (χ0v) is 13.9. The first kappa shape index (κ1) is 14.6. The van der Waals surface area contributed by atoms with E-state index in [-0.39, 0.29) is 0 Å². The van der Waals surface area contributed by atoms with Crippen molar-refractivity contribution in [2.24, 2.45) is 5.41 Å². The molecule has 0 unspecified atom stereocenters. The van der Waals surface area contributed by atoms with E-state index in [9.17, 15) is 8.42 Å². The standard InChI is InChI=1S/C19H19NO2S/c1-23(21,22)16-4-2-14(3-5-16)17-12-19(8-9-19)13-18(17)15-6-10-20-11-7-15/h2-7,10-11H,8-9,12-13H2,1H3. The molecule has 0 saturated heterocycles. The van der Waals surface area contributed by atoms with Crippen LogP contribution in [0.25, 0.3) is 11.1 Å². The molecule has 1 fully saturated rings. The summed E-state index contributed by atoms with van der Waals surface area (Å²) in [5, 5.41) is 0. The van der Waals surface area contributed by atoms with Crippen LogP contribution in [-0.2, 0) is 9.84 Å². The second kappa shape index (κ2) is 5.03. The number of hydrogen-bond acceptors (Lipinski definition) is 3. The number of hydrogen-bond donors (Lipinski definition) is 0. The minimum absolute atomic E-state index is 0.381. The Hall–Kier alpha value is -1.94. The molecule has 1 heterocycles. The zero-order chi connectivity index (χ0) is 16.1. The Bertz CT molecular complexity index is 877. The van der Waals surface area contributed by atoms with E-state index in [1.807, 2.05) is 24.5 Å². The van der Waals surface area contributed by atoms with Gasteiger partial charge in [-0.2, -0.15) is 0 Å². The minimum atomic E-state index is -3.14. The highest BCUT2D eigenvalue weighted by molar-refractivity contribution is 7.90. The largest absolute Gasteiger partial charge is 0.265 e. The van der Waals surface area contributed by atoms with Gasteiger partial charge in [-0.15, -0.1) is 0 Å². The summed E-state index contributed by atoms with van der Waals surface area (Å²) in [5.41, 5.74) is 5.62. The molecule has 1 aromatic carbocycles. The summed E-state index contributed by atoms with van der Waals surface area (Å²) < 4.78 is 23.3. The lowest BCUT2D eigenvalue weighted by atomic mass is 9.98. The van der Waals surface area contributed by atoms with Gasteiger partial charge in [0.2, 0.25) is 0 Å². The predicted molar refractivity (Wildman–Crippen MR) is 91.5 cm³/mol. The topological polar surface area (TPSA) is 47.0 Å². The van der Waals surface area contributed by atoms with E-state index >= 15 is 0 Å². The minimum Gasteiger partial charge on any atom is -0.265 e. The molecule has 2 aliphatic carbocycles. The van der Waals surface area contributed by atoms with Gasteiger partial charge in [-0.25, -0.2) is 8.42 Å². The number of sulfone groups is 1. The summed E-state index contributed by atoms with van der Waals surface area (Å²) in [6.45, 7) is 0. The van der Waals surface area contributed by atoms with Gasteiger partial charge < -0.3 is 0 Å². The Labute approximate surface area is 137 Å². The summed E-state index contributed by atoms with van der Waals surface area (Å²) >= 11 is 0. The first-order valence-electron chi connectivity index (χ1n) is 7.90.